The number of halogens is 1. The number of aryl methyl sites for hydroxylation is 3. The lowest BCUT2D eigenvalue weighted by Gasteiger charge is -2.03. The average Bonchev–Trinajstić information content (AvgIpc) is 2.54. The second-order valence-corrected chi connectivity index (χ2v) is 4.10. The monoisotopic (exact) mass is 252 g/mol. The molecular weight excluding hydrogens is 240 g/mol. The van der Waals surface area contributed by atoms with Gasteiger partial charge in [-0.15, -0.1) is 0 Å². The van der Waals surface area contributed by atoms with Crippen molar-refractivity contribution < 1.29 is 4.42 Å². The van der Waals surface area contributed by atoms with Crippen LogP contribution in [0.25, 0.3) is 0 Å². The van der Waals surface area contributed by atoms with Gasteiger partial charge < -0.3 is 9.73 Å². The van der Waals surface area contributed by atoms with Gasteiger partial charge in [0.25, 0.3) is 0 Å². The van der Waals surface area contributed by atoms with Gasteiger partial charge in [-0.25, -0.2) is 15.0 Å². The summed E-state index contributed by atoms with van der Waals surface area (Å²) in [6.45, 7) is 6.13. The van der Waals surface area contributed by atoms with E-state index in [4.69, 9.17) is 16.0 Å². The van der Waals surface area contributed by atoms with Crippen molar-refractivity contribution in [3.8, 4) is 0 Å². The molecule has 2 aromatic heterocycles. The van der Waals surface area contributed by atoms with Crippen molar-refractivity contribution in [3.63, 3.8) is 0 Å². The molecule has 0 radical (unpaired) electrons. The third kappa shape index (κ3) is 2.94. The Kier molecular flexibility index (Phi) is 3.28. The standard InChI is InChI=1S/C11H13ClN4O/c1-6-4-9(16-11(12)14-6)13-5-10-15-7(2)8(3)17-10/h4H,5H2,1-3H3,(H,13,14,16). The summed E-state index contributed by atoms with van der Waals surface area (Å²) in [6, 6.07) is 1.81. The van der Waals surface area contributed by atoms with Gasteiger partial charge in [-0.3, -0.25) is 0 Å². The van der Waals surface area contributed by atoms with Crippen LogP contribution in [0, 0.1) is 20.8 Å². The van der Waals surface area contributed by atoms with Crippen molar-refractivity contribution in [3.05, 3.63) is 34.4 Å². The smallest absolute Gasteiger partial charge is 0.224 e. The second-order valence-electron chi connectivity index (χ2n) is 3.77. The van der Waals surface area contributed by atoms with Gasteiger partial charge in [-0.2, -0.15) is 0 Å². The third-order valence-corrected chi connectivity index (χ3v) is 2.49. The summed E-state index contributed by atoms with van der Waals surface area (Å²) < 4.78 is 5.45. The van der Waals surface area contributed by atoms with E-state index in [1.165, 1.54) is 0 Å². The first-order chi connectivity index (χ1) is 8.04. The van der Waals surface area contributed by atoms with Crippen molar-refractivity contribution in [1.82, 2.24) is 15.0 Å². The van der Waals surface area contributed by atoms with E-state index in [1.54, 1.807) is 0 Å². The quantitative estimate of drug-likeness (QED) is 0.851. The Morgan fingerprint density at radius 2 is 2.00 bits per heavy atom. The van der Waals surface area contributed by atoms with E-state index in [0.717, 1.165) is 17.1 Å². The van der Waals surface area contributed by atoms with Crippen LogP contribution in [0.3, 0.4) is 0 Å². The molecule has 0 bridgehead atoms. The SMILES string of the molecule is Cc1cc(NCc2nc(C)c(C)o2)nc(Cl)n1. The number of aromatic nitrogens is 3. The zero-order valence-corrected chi connectivity index (χ0v) is 10.7. The molecule has 0 saturated heterocycles. The molecule has 90 valence electrons. The lowest BCUT2D eigenvalue weighted by Crippen LogP contribution is -2.03. The molecule has 0 saturated carbocycles. The highest BCUT2D eigenvalue weighted by atomic mass is 35.5. The fourth-order valence-electron chi connectivity index (χ4n) is 1.40. The lowest BCUT2D eigenvalue weighted by atomic mass is 10.4. The maximum atomic E-state index is 5.76. The summed E-state index contributed by atoms with van der Waals surface area (Å²) >= 11 is 5.76. The molecule has 0 aromatic carbocycles. The van der Waals surface area contributed by atoms with Crippen molar-refractivity contribution in [2.24, 2.45) is 0 Å². The first kappa shape index (κ1) is 11.9. The molecule has 0 unspecified atom stereocenters. The number of hydrogen-bond acceptors (Lipinski definition) is 5. The number of hydrogen-bond donors (Lipinski definition) is 1. The van der Waals surface area contributed by atoms with Gasteiger partial charge >= 0.3 is 0 Å². The molecule has 2 aromatic rings. The fraction of sp³-hybridized carbons (Fsp3) is 0.364. The van der Waals surface area contributed by atoms with Crippen molar-refractivity contribution in [2.45, 2.75) is 27.3 Å². The number of nitrogens with zero attached hydrogens (tertiary/aromatic N) is 3. The fourth-order valence-corrected chi connectivity index (χ4v) is 1.63. The van der Waals surface area contributed by atoms with E-state index in [1.807, 2.05) is 26.8 Å². The van der Waals surface area contributed by atoms with Crippen LogP contribution in [-0.4, -0.2) is 15.0 Å². The molecule has 0 amide bonds. The Morgan fingerprint density at radius 1 is 1.24 bits per heavy atom. The van der Waals surface area contributed by atoms with Crippen LogP contribution in [0.4, 0.5) is 5.82 Å². The molecule has 5 nitrogen and oxygen atoms in total. The summed E-state index contributed by atoms with van der Waals surface area (Å²) in [6.07, 6.45) is 0. The largest absolute Gasteiger partial charge is 0.444 e. The number of oxazole rings is 1. The second kappa shape index (κ2) is 4.71. The molecule has 0 aliphatic rings. The molecule has 6 heteroatoms. The average molecular weight is 253 g/mol. The summed E-state index contributed by atoms with van der Waals surface area (Å²) in [5.41, 5.74) is 1.71. The summed E-state index contributed by atoms with van der Waals surface area (Å²) in [5, 5.41) is 3.32. The van der Waals surface area contributed by atoms with E-state index in [9.17, 15) is 0 Å². The van der Waals surface area contributed by atoms with E-state index in [0.29, 0.717) is 18.3 Å². The maximum absolute atomic E-state index is 5.76. The van der Waals surface area contributed by atoms with E-state index >= 15 is 0 Å². The predicted octanol–water partition coefficient (Wildman–Crippen LogP) is 2.66. The van der Waals surface area contributed by atoms with Crippen LogP contribution in [0.1, 0.15) is 23.0 Å². The van der Waals surface area contributed by atoms with Crippen LogP contribution in [0.2, 0.25) is 5.28 Å². The third-order valence-electron chi connectivity index (χ3n) is 2.32. The molecular formula is C11H13ClN4O. The lowest BCUT2D eigenvalue weighted by molar-refractivity contribution is 0.478. The molecule has 0 aliphatic heterocycles. The summed E-state index contributed by atoms with van der Waals surface area (Å²) in [5.74, 6) is 2.13. The van der Waals surface area contributed by atoms with Crippen molar-refractivity contribution in [1.29, 1.82) is 0 Å². The first-order valence-corrected chi connectivity index (χ1v) is 5.60. The molecule has 2 rings (SSSR count). The van der Waals surface area contributed by atoms with Crippen LogP contribution < -0.4 is 5.32 Å². The van der Waals surface area contributed by atoms with Gasteiger partial charge in [0.2, 0.25) is 11.2 Å². The zero-order valence-electron chi connectivity index (χ0n) is 9.91. The Labute approximate surface area is 104 Å². The predicted molar refractivity (Wildman–Crippen MR) is 65.1 cm³/mol. The van der Waals surface area contributed by atoms with Gasteiger partial charge in [-0.05, 0) is 32.4 Å². The zero-order chi connectivity index (χ0) is 12.4. The van der Waals surface area contributed by atoms with E-state index < -0.39 is 0 Å². The van der Waals surface area contributed by atoms with Gasteiger partial charge in [0.1, 0.15) is 11.6 Å². The van der Waals surface area contributed by atoms with Crippen LogP contribution in [0.5, 0.6) is 0 Å². The molecule has 17 heavy (non-hydrogen) atoms. The Morgan fingerprint density at radius 3 is 2.59 bits per heavy atom. The number of rotatable bonds is 3. The first-order valence-electron chi connectivity index (χ1n) is 5.22. The highest BCUT2D eigenvalue weighted by Gasteiger charge is 2.06. The Balaban J connectivity index is 2.07. The highest BCUT2D eigenvalue weighted by molar-refractivity contribution is 6.28. The topological polar surface area (TPSA) is 63.8 Å². The molecule has 0 aliphatic carbocycles. The Bertz CT molecular complexity index is 499. The molecule has 1 N–H and O–H groups in total. The number of nitrogens with one attached hydrogen (secondary N) is 1. The van der Waals surface area contributed by atoms with Gasteiger partial charge in [0, 0.05) is 11.8 Å². The van der Waals surface area contributed by atoms with Gasteiger partial charge in [0.15, 0.2) is 0 Å². The van der Waals surface area contributed by atoms with Crippen LogP contribution in [-0.2, 0) is 6.54 Å². The minimum absolute atomic E-state index is 0.229. The summed E-state index contributed by atoms with van der Waals surface area (Å²) in [7, 11) is 0. The minimum Gasteiger partial charge on any atom is -0.444 e. The van der Waals surface area contributed by atoms with Crippen LogP contribution >= 0.6 is 11.6 Å². The van der Waals surface area contributed by atoms with Gasteiger partial charge in [-0.1, -0.05) is 0 Å². The number of anilines is 1. The van der Waals surface area contributed by atoms with E-state index in [2.05, 4.69) is 20.3 Å². The Hall–Kier alpha value is -1.62. The minimum atomic E-state index is 0.229. The van der Waals surface area contributed by atoms with Crippen molar-refractivity contribution >= 4 is 17.4 Å². The highest BCUT2D eigenvalue weighted by Crippen LogP contribution is 2.12. The maximum Gasteiger partial charge on any atom is 0.224 e. The van der Waals surface area contributed by atoms with Crippen LogP contribution in [0.15, 0.2) is 10.5 Å². The van der Waals surface area contributed by atoms with E-state index in [-0.39, 0.29) is 5.28 Å². The normalized spacial score (nSPS) is 10.6. The molecule has 0 atom stereocenters. The van der Waals surface area contributed by atoms with Gasteiger partial charge in [0.05, 0.1) is 12.2 Å². The molecule has 2 heterocycles. The molecule has 0 spiro atoms. The molecule has 0 fully saturated rings. The summed E-state index contributed by atoms with van der Waals surface area (Å²) in [4.78, 5) is 12.3. The van der Waals surface area contributed by atoms with Crippen molar-refractivity contribution in [2.75, 3.05) is 5.32 Å².